The fourth-order valence-electron chi connectivity index (χ4n) is 1.58. The van der Waals surface area contributed by atoms with Crippen molar-refractivity contribution in [2.75, 3.05) is 12.4 Å². The van der Waals surface area contributed by atoms with Gasteiger partial charge in [0.1, 0.15) is 10.8 Å². The number of hydrogen-bond acceptors (Lipinski definition) is 7. The molecule has 6 nitrogen and oxygen atoms in total. The number of amides is 1. The van der Waals surface area contributed by atoms with E-state index in [1.54, 1.807) is 18.2 Å². The van der Waals surface area contributed by atoms with Crippen molar-refractivity contribution in [3.63, 3.8) is 0 Å². The second-order valence-electron chi connectivity index (χ2n) is 4.28. The zero-order valence-corrected chi connectivity index (χ0v) is 15.0. The first-order chi connectivity index (χ1) is 11.1. The molecule has 2 aromatic rings. The topological polar surface area (TPSA) is 76.5 Å². The molecular weight excluding hydrogens is 356 g/mol. The van der Waals surface area contributed by atoms with Crippen LogP contribution in [0.15, 0.2) is 27.6 Å². The van der Waals surface area contributed by atoms with Crippen LogP contribution in [-0.2, 0) is 4.79 Å². The van der Waals surface area contributed by atoms with Crippen molar-refractivity contribution < 1.29 is 9.53 Å². The average Bonchev–Trinajstić information content (AvgIpc) is 2.93. The van der Waals surface area contributed by atoms with Crippen molar-refractivity contribution >= 4 is 46.8 Å². The van der Waals surface area contributed by atoms with E-state index in [9.17, 15) is 4.79 Å². The van der Waals surface area contributed by atoms with E-state index in [1.165, 1.54) is 29.3 Å². The van der Waals surface area contributed by atoms with Crippen LogP contribution < -0.4 is 10.2 Å². The molecule has 0 aliphatic rings. The summed E-state index contributed by atoms with van der Waals surface area (Å²) >= 11 is 8.73. The van der Waals surface area contributed by atoms with Crippen LogP contribution in [0, 0.1) is 6.92 Å². The molecule has 1 aromatic carbocycles. The van der Waals surface area contributed by atoms with Gasteiger partial charge in [-0.1, -0.05) is 34.7 Å². The van der Waals surface area contributed by atoms with E-state index in [0.29, 0.717) is 22.9 Å². The molecule has 0 saturated heterocycles. The Hall–Kier alpha value is -1.64. The molecular formula is C14H15ClN4O2S2. The minimum absolute atomic E-state index is 0.222. The van der Waals surface area contributed by atoms with Gasteiger partial charge in [0.05, 0.1) is 18.6 Å². The molecule has 0 aliphatic carbocycles. The Labute approximate surface area is 147 Å². The first-order valence-corrected chi connectivity index (χ1v) is 8.93. The van der Waals surface area contributed by atoms with Crippen LogP contribution in [0.5, 0.6) is 5.75 Å². The minimum atomic E-state index is -0.223. The van der Waals surface area contributed by atoms with E-state index in [0.717, 1.165) is 9.35 Å². The predicted molar refractivity (Wildman–Crippen MR) is 93.7 cm³/mol. The molecule has 1 amide bonds. The number of rotatable bonds is 7. The molecule has 1 aromatic heterocycles. The smallest absolute Gasteiger partial charge is 0.250 e. The number of hydrazone groups is 1. The van der Waals surface area contributed by atoms with Crippen molar-refractivity contribution in [1.82, 2.24) is 15.6 Å². The van der Waals surface area contributed by atoms with E-state index in [4.69, 9.17) is 16.3 Å². The van der Waals surface area contributed by atoms with Crippen LogP contribution in [0.2, 0.25) is 5.02 Å². The Morgan fingerprint density at radius 3 is 3.04 bits per heavy atom. The highest BCUT2D eigenvalue weighted by Crippen LogP contribution is 2.22. The number of thioether (sulfide) groups is 1. The van der Waals surface area contributed by atoms with Gasteiger partial charge in [0.25, 0.3) is 5.91 Å². The van der Waals surface area contributed by atoms with Gasteiger partial charge in [-0.3, -0.25) is 4.79 Å². The fourth-order valence-corrected chi connectivity index (χ4v) is 3.37. The summed E-state index contributed by atoms with van der Waals surface area (Å²) in [5.41, 5.74) is 3.17. The van der Waals surface area contributed by atoms with Gasteiger partial charge >= 0.3 is 0 Å². The van der Waals surface area contributed by atoms with E-state index in [2.05, 4.69) is 20.7 Å². The minimum Gasteiger partial charge on any atom is -0.493 e. The largest absolute Gasteiger partial charge is 0.493 e. The lowest BCUT2D eigenvalue weighted by Crippen LogP contribution is -2.19. The first-order valence-electron chi connectivity index (χ1n) is 6.75. The molecule has 0 fully saturated rings. The number of hydrogen-bond donors (Lipinski definition) is 1. The molecule has 1 heterocycles. The van der Waals surface area contributed by atoms with Crippen molar-refractivity contribution in [3.05, 3.63) is 33.8 Å². The first kappa shape index (κ1) is 17.7. The van der Waals surface area contributed by atoms with Crippen molar-refractivity contribution in [2.45, 2.75) is 18.2 Å². The number of nitrogens with one attached hydrogen (secondary N) is 1. The lowest BCUT2D eigenvalue weighted by molar-refractivity contribution is -0.118. The van der Waals surface area contributed by atoms with Crippen molar-refractivity contribution in [1.29, 1.82) is 0 Å². The van der Waals surface area contributed by atoms with Gasteiger partial charge in [-0.15, -0.1) is 10.2 Å². The summed E-state index contributed by atoms with van der Waals surface area (Å²) in [5, 5.41) is 13.2. The van der Waals surface area contributed by atoms with Crippen LogP contribution in [0.1, 0.15) is 17.5 Å². The molecule has 0 spiro atoms. The molecule has 1 N–H and O–H groups in total. The van der Waals surface area contributed by atoms with Crippen LogP contribution >= 0.6 is 34.7 Å². The molecule has 23 heavy (non-hydrogen) atoms. The van der Waals surface area contributed by atoms with Gasteiger partial charge in [-0.2, -0.15) is 5.10 Å². The number of carbonyl (C=O) groups excluding carboxylic acids is 1. The molecule has 0 aliphatic heterocycles. The molecule has 0 radical (unpaired) electrons. The van der Waals surface area contributed by atoms with Gasteiger partial charge in [0.15, 0.2) is 4.34 Å². The van der Waals surface area contributed by atoms with Crippen LogP contribution in [0.4, 0.5) is 0 Å². The number of aryl methyl sites for hydroxylation is 1. The molecule has 122 valence electrons. The van der Waals surface area contributed by atoms with Crippen LogP contribution in [-0.4, -0.2) is 34.7 Å². The third kappa shape index (κ3) is 5.81. The van der Waals surface area contributed by atoms with Crippen LogP contribution in [0.25, 0.3) is 0 Å². The average molecular weight is 371 g/mol. The SMILES string of the molecule is CCOc1ccc(Cl)cc1/C=N/NC(=O)CSc1nnc(C)s1. The molecule has 9 heteroatoms. The lowest BCUT2D eigenvalue weighted by Gasteiger charge is -2.06. The van der Waals surface area contributed by atoms with Gasteiger partial charge in [0, 0.05) is 10.6 Å². The Balaban J connectivity index is 1.88. The summed E-state index contributed by atoms with van der Waals surface area (Å²) in [4.78, 5) is 11.7. The summed E-state index contributed by atoms with van der Waals surface area (Å²) in [5.74, 6) is 0.660. The lowest BCUT2D eigenvalue weighted by atomic mass is 10.2. The van der Waals surface area contributed by atoms with Crippen LogP contribution in [0.3, 0.4) is 0 Å². The fraction of sp³-hybridized carbons (Fsp3) is 0.286. The van der Waals surface area contributed by atoms with E-state index >= 15 is 0 Å². The number of nitrogens with zero attached hydrogens (tertiary/aromatic N) is 3. The number of benzene rings is 1. The highest BCUT2D eigenvalue weighted by atomic mass is 35.5. The summed E-state index contributed by atoms with van der Waals surface area (Å²) in [6.45, 7) is 4.30. The normalized spacial score (nSPS) is 10.9. The Morgan fingerprint density at radius 2 is 2.35 bits per heavy atom. The van der Waals surface area contributed by atoms with Gasteiger partial charge in [-0.05, 0) is 32.0 Å². The zero-order valence-electron chi connectivity index (χ0n) is 12.6. The summed E-state index contributed by atoms with van der Waals surface area (Å²) < 4.78 is 6.24. The maximum Gasteiger partial charge on any atom is 0.250 e. The second kappa shape index (κ2) is 8.85. The monoisotopic (exact) mass is 370 g/mol. The van der Waals surface area contributed by atoms with E-state index in [-0.39, 0.29) is 11.7 Å². The number of halogens is 1. The standard InChI is InChI=1S/C14H15ClN4O2S2/c1-3-21-12-5-4-11(15)6-10(12)7-16-18-13(20)8-22-14-19-17-9(2)23-14/h4-7H,3,8H2,1-2H3,(H,18,20)/b16-7+. The van der Waals surface area contributed by atoms with E-state index in [1.807, 2.05) is 13.8 Å². The predicted octanol–water partition coefficient (Wildman–Crippen LogP) is 3.14. The molecule has 0 bridgehead atoms. The number of ether oxygens (including phenoxy) is 1. The van der Waals surface area contributed by atoms with Crippen molar-refractivity contribution in [2.24, 2.45) is 5.10 Å². The second-order valence-corrected chi connectivity index (χ2v) is 7.12. The third-order valence-electron chi connectivity index (χ3n) is 2.50. The van der Waals surface area contributed by atoms with Crippen molar-refractivity contribution in [3.8, 4) is 5.75 Å². The summed E-state index contributed by atoms with van der Waals surface area (Å²) in [6.07, 6.45) is 1.51. The number of carbonyl (C=O) groups is 1. The Kier molecular flexibility index (Phi) is 6.82. The van der Waals surface area contributed by atoms with Gasteiger partial charge < -0.3 is 4.74 Å². The number of aromatic nitrogens is 2. The summed E-state index contributed by atoms with van der Waals surface area (Å²) in [7, 11) is 0. The molecule has 2 rings (SSSR count). The molecule has 0 unspecified atom stereocenters. The van der Waals surface area contributed by atoms with Gasteiger partial charge in [0.2, 0.25) is 0 Å². The quantitative estimate of drug-likeness (QED) is 0.460. The zero-order chi connectivity index (χ0) is 16.7. The maximum atomic E-state index is 11.7. The summed E-state index contributed by atoms with van der Waals surface area (Å²) in [6, 6.07) is 5.23. The maximum absolute atomic E-state index is 11.7. The highest BCUT2D eigenvalue weighted by Gasteiger charge is 2.06. The third-order valence-corrected chi connectivity index (χ3v) is 4.71. The molecule has 0 atom stereocenters. The Bertz CT molecular complexity index is 706. The Morgan fingerprint density at radius 1 is 1.52 bits per heavy atom. The van der Waals surface area contributed by atoms with E-state index < -0.39 is 0 Å². The molecule has 0 saturated carbocycles. The highest BCUT2D eigenvalue weighted by molar-refractivity contribution is 8.01. The van der Waals surface area contributed by atoms with Gasteiger partial charge in [-0.25, -0.2) is 5.43 Å².